The summed E-state index contributed by atoms with van der Waals surface area (Å²) in [6.07, 6.45) is 3.84. The smallest absolute Gasteiger partial charge is 0.217 e. The number of amides is 1. The molecule has 0 bridgehead atoms. The molecule has 2 aliphatic heterocycles. The predicted octanol–water partition coefficient (Wildman–Crippen LogP) is 1.88. The second-order valence-electron chi connectivity index (χ2n) is 9.04. The van der Waals surface area contributed by atoms with Crippen LogP contribution in [0.2, 0.25) is 0 Å². The Balaban J connectivity index is 1.56. The molecule has 1 aromatic carbocycles. The maximum absolute atomic E-state index is 11.3. The van der Waals surface area contributed by atoms with E-state index in [2.05, 4.69) is 58.3 Å². The van der Waals surface area contributed by atoms with Crippen LogP contribution in [-0.4, -0.2) is 79.4 Å². The van der Waals surface area contributed by atoms with Crippen LogP contribution in [0.15, 0.2) is 29.3 Å². The Kier molecular flexibility index (Phi) is 9.15. The molecule has 0 saturated carbocycles. The molecular formula is C24H40N6O. The number of aliphatic imine (C=N–C) groups is 1. The zero-order chi connectivity index (χ0) is 22.1. The molecule has 1 unspecified atom stereocenters. The molecule has 0 spiro atoms. The van der Waals surface area contributed by atoms with Gasteiger partial charge in [-0.15, -0.1) is 0 Å². The highest BCUT2D eigenvalue weighted by atomic mass is 16.1. The fourth-order valence-corrected chi connectivity index (χ4v) is 4.57. The third-order valence-corrected chi connectivity index (χ3v) is 6.30. The third-order valence-electron chi connectivity index (χ3n) is 6.30. The van der Waals surface area contributed by atoms with Gasteiger partial charge in [0.2, 0.25) is 5.91 Å². The van der Waals surface area contributed by atoms with Crippen molar-refractivity contribution in [1.29, 1.82) is 0 Å². The lowest BCUT2D eigenvalue weighted by Gasteiger charge is -2.34. The first-order valence-corrected chi connectivity index (χ1v) is 11.8. The third kappa shape index (κ3) is 7.82. The predicted molar refractivity (Wildman–Crippen MR) is 127 cm³/mol. The SMILES string of the molecule is CCNC(=NCc1ccc(CN2CCCN(C)CC2)cc1)N1CCCC(CC(N)=O)C1. The van der Waals surface area contributed by atoms with Gasteiger partial charge in [-0.2, -0.15) is 0 Å². The summed E-state index contributed by atoms with van der Waals surface area (Å²) in [5, 5.41) is 3.42. The van der Waals surface area contributed by atoms with E-state index in [1.165, 1.54) is 30.6 Å². The van der Waals surface area contributed by atoms with E-state index in [1.807, 2.05) is 0 Å². The molecular weight excluding hydrogens is 388 g/mol. The lowest BCUT2D eigenvalue weighted by Crippen LogP contribution is -2.47. The van der Waals surface area contributed by atoms with Gasteiger partial charge in [-0.05, 0) is 63.4 Å². The van der Waals surface area contributed by atoms with E-state index in [1.54, 1.807) is 0 Å². The van der Waals surface area contributed by atoms with Crippen LogP contribution >= 0.6 is 0 Å². The average Bonchev–Trinajstić information content (AvgIpc) is 2.96. The van der Waals surface area contributed by atoms with Crippen molar-refractivity contribution in [2.24, 2.45) is 16.6 Å². The van der Waals surface area contributed by atoms with Crippen LogP contribution in [0.5, 0.6) is 0 Å². The number of carbonyl (C=O) groups is 1. The van der Waals surface area contributed by atoms with Gasteiger partial charge in [0.05, 0.1) is 6.54 Å². The van der Waals surface area contributed by atoms with Gasteiger partial charge in [-0.3, -0.25) is 9.69 Å². The van der Waals surface area contributed by atoms with E-state index >= 15 is 0 Å². The Bertz CT molecular complexity index is 719. The number of hydrogen-bond acceptors (Lipinski definition) is 4. The van der Waals surface area contributed by atoms with Gasteiger partial charge in [0.15, 0.2) is 5.96 Å². The first-order chi connectivity index (χ1) is 15.0. The molecule has 3 N–H and O–H groups in total. The zero-order valence-corrected chi connectivity index (χ0v) is 19.4. The van der Waals surface area contributed by atoms with Crippen LogP contribution in [0.3, 0.4) is 0 Å². The number of primary amides is 1. The highest BCUT2D eigenvalue weighted by Crippen LogP contribution is 2.19. The largest absolute Gasteiger partial charge is 0.370 e. The Hall–Kier alpha value is -2.12. The molecule has 7 nitrogen and oxygen atoms in total. The molecule has 1 amide bonds. The minimum absolute atomic E-state index is 0.207. The molecule has 2 heterocycles. The van der Waals surface area contributed by atoms with Crippen molar-refractivity contribution in [2.45, 2.75) is 45.7 Å². The van der Waals surface area contributed by atoms with Crippen molar-refractivity contribution in [1.82, 2.24) is 20.0 Å². The van der Waals surface area contributed by atoms with E-state index < -0.39 is 0 Å². The molecule has 2 fully saturated rings. The van der Waals surface area contributed by atoms with Crippen molar-refractivity contribution in [3.63, 3.8) is 0 Å². The van der Waals surface area contributed by atoms with Crippen molar-refractivity contribution in [2.75, 3.05) is 52.9 Å². The summed E-state index contributed by atoms with van der Waals surface area (Å²) >= 11 is 0. The molecule has 7 heteroatoms. The first-order valence-electron chi connectivity index (χ1n) is 11.8. The molecule has 1 atom stereocenters. The number of carbonyl (C=O) groups excluding carboxylic acids is 1. The Morgan fingerprint density at radius 1 is 1.10 bits per heavy atom. The van der Waals surface area contributed by atoms with Gasteiger partial charge in [0, 0.05) is 45.7 Å². The maximum atomic E-state index is 11.3. The fraction of sp³-hybridized carbons (Fsp3) is 0.667. The average molecular weight is 429 g/mol. The highest BCUT2D eigenvalue weighted by molar-refractivity contribution is 5.80. The molecule has 0 aliphatic carbocycles. The lowest BCUT2D eigenvalue weighted by atomic mass is 9.95. The monoisotopic (exact) mass is 428 g/mol. The number of rotatable bonds is 7. The fourth-order valence-electron chi connectivity index (χ4n) is 4.57. The van der Waals surface area contributed by atoms with E-state index in [0.717, 1.165) is 58.1 Å². The molecule has 31 heavy (non-hydrogen) atoms. The normalized spacial score (nSPS) is 21.7. The first kappa shape index (κ1) is 23.5. The van der Waals surface area contributed by atoms with Crippen LogP contribution in [0, 0.1) is 5.92 Å². The number of likely N-dealkylation sites (N-methyl/N-ethyl adjacent to an activating group) is 1. The minimum Gasteiger partial charge on any atom is -0.370 e. The highest BCUT2D eigenvalue weighted by Gasteiger charge is 2.23. The summed E-state index contributed by atoms with van der Waals surface area (Å²) < 4.78 is 0. The van der Waals surface area contributed by atoms with Crippen molar-refractivity contribution >= 4 is 11.9 Å². The second kappa shape index (κ2) is 12.1. The van der Waals surface area contributed by atoms with E-state index in [0.29, 0.717) is 18.9 Å². The topological polar surface area (TPSA) is 77.2 Å². The Labute approximate surface area is 187 Å². The van der Waals surface area contributed by atoms with Crippen LogP contribution in [0.1, 0.15) is 43.7 Å². The number of nitrogens with one attached hydrogen (secondary N) is 1. The molecule has 0 aromatic heterocycles. The van der Waals surface area contributed by atoms with Crippen LogP contribution in [0.4, 0.5) is 0 Å². The standard InChI is InChI=1S/C24H40N6O/c1-3-26-24(30-13-4-6-22(19-30)16-23(25)31)27-17-20-7-9-21(10-8-20)18-29-12-5-11-28(2)14-15-29/h7-10,22H,3-6,11-19H2,1-2H3,(H2,25,31)(H,26,27). The summed E-state index contributed by atoms with van der Waals surface area (Å²) in [7, 11) is 2.21. The summed E-state index contributed by atoms with van der Waals surface area (Å²) in [5.41, 5.74) is 8.01. The van der Waals surface area contributed by atoms with Crippen molar-refractivity contribution < 1.29 is 4.79 Å². The molecule has 3 rings (SSSR count). The molecule has 0 radical (unpaired) electrons. The summed E-state index contributed by atoms with van der Waals surface area (Å²) in [6.45, 7) is 11.1. The van der Waals surface area contributed by atoms with Gasteiger partial charge in [0.25, 0.3) is 0 Å². The number of likely N-dealkylation sites (tertiary alicyclic amines) is 1. The van der Waals surface area contributed by atoms with Gasteiger partial charge >= 0.3 is 0 Å². The number of hydrogen-bond donors (Lipinski definition) is 2. The number of nitrogens with zero attached hydrogens (tertiary/aromatic N) is 4. The van der Waals surface area contributed by atoms with Crippen molar-refractivity contribution in [3.05, 3.63) is 35.4 Å². The summed E-state index contributed by atoms with van der Waals surface area (Å²) in [6, 6.07) is 8.91. The van der Waals surface area contributed by atoms with Gasteiger partial charge in [-0.25, -0.2) is 4.99 Å². The van der Waals surface area contributed by atoms with E-state index in [9.17, 15) is 4.79 Å². The number of piperidine rings is 1. The van der Waals surface area contributed by atoms with Crippen LogP contribution in [-0.2, 0) is 17.9 Å². The lowest BCUT2D eigenvalue weighted by molar-refractivity contribution is -0.119. The number of nitrogens with two attached hydrogens (primary N) is 1. The molecule has 2 saturated heterocycles. The molecule has 2 aliphatic rings. The summed E-state index contributed by atoms with van der Waals surface area (Å²) in [4.78, 5) is 23.5. The van der Waals surface area contributed by atoms with E-state index in [4.69, 9.17) is 10.7 Å². The van der Waals surface area contributed by atoms with Crippen molar-refractivity contribution in [3.8, 4) is 0 Å². The minimum atomic E-state index is -0.207. The number of benzene rings is 1. The maximum Gasteiger partial charge on any atom is 0.217 e. The van der Waals surface area contributed by atoms with E-state index in [-0.39, 0.29) is 5.91 Å². The molecule has 1 aromatic rings. The van der Waals surface area contributed by atoms with Gasteiger partial charge in [0.1, 0.15) is 0 Å². The second-order valence-corrected chi connectivity index (χ2v) is 9.04. The Morgan fingerprint density at radius 3 is 2.61 bits per heavy atom. The quantitative estimate of drug-likeness (QED) is 0.512. The zero-order valence-electron chi connectivity index (χ0n) is 19.4. The number of guanidine groups is 1. The summed E-state index contributed by atoms with van der Waals surface area (Å²) in [5.74, 6) is 1.06. The van der Waals surface area contributed by atoms with Gasteiger partial charge < -0.3 is 20.9 Å². The molecule has 172 valence electrons. The van der Waals surface area contributed by atoms with Crippen LogP contribution in [0.25, 0.3) is 0 Å². The van der Waals surface area contributed by atoms with Gasteiger partial charge in [-0.1, -0.05) is 24.3 Å². The Morgan fingerprint density at radius 2 is 1.87 bits per heavy atom. The van der Waals surface area contributed by atoms with Crippen LogP contribution < -0.4 is 11.1 Å².